The number of hydrogen-bond acceptors (Lipinski definition) is 2. The van der Waals surface area contributed by atoms with Gasteiger partial charge in [0.05, 0.1) is 0 Å². The molecule has 0 aromatic heterocycles. The van der Waals surface area contributed by atoms with Crippen LogP contribution in [0, 0.1) is 11.8 Å². The fraction of sp³-hybridized carbons (Fsp3) is 0.500. The molecule has 0 atom stereocenters. The van der Waals surface area contributed by atoms with Crippen molar-refractivity contribution in [2.24, 2.45) is 11.8 Å². The topological polar surface area (TPSA) is 57.5 Å². The average molecular weight is 290 g/mol. The molecule has 3 nitrogen and oxygen atoms in total. The van der Waals surface area contributed by atoms with E-state index in [1.54, 1.807) is 0 Å². The van der Waals surface area contributed by atoms with E-state index in [9.17, 15) is 9.90 Å². The van der Waals surface area contributed by atoms with Gasteiger partial charge in [0.1, 0.15) is 5.75 Å². The van der Waals surface area contributed by atoms with Gasteiger partial charge in [0.15, 0.2) is 0 Å². The number of hydrogen-bond donors (Lipinski definition) is 2. The summed E-state index contributed by atoms with van der Waals surface area (Å²) in [5.74, 6) is 0.252. The van der Waals surface area contributed by atoms with Crippen LogP contribution in [-0.2, 0) is 24.1 Å². The molecule has 0 spiro atoms. The molecule has 0 unspecified atom stereocenters. The van der Waals surface area contributed by atoms with Crippen molar-refractivity contribution in [1.29, 1.82) is 0 Å². The Morgan fingerprint density at radius 2 is 1.52 bits per heavy atom. The monoisotopic (exact) mass is 290 g/mol. The van der Waals surface area contributed by atoms with Gasteiger partial charge in [-0.2, -0.15) is 0 Å². The standard InChI is InChI=1S/C18H26O3/c1-11(2)6-15-9-14(8-13(5)18(20)21)10-16(17(15)19)7-12(3)4/h9-12,19H,5-8H2,1-4H3,(H,20,21). The Kier molecular flexibility index (Phi) is 6.01. The van der Waals surface area contributed by atoms with Crippen LogP contribution in [0.15, 0.2) is 24.3 Å². The summed E-state index contributed by atoms with van der Waals surface area (Å²) in [5, 5.41) is 19.4. The first-order valence-corrected chi connectivity index (χ1v) is 7.45. The summed E-state index contributed by atoms with van der Waals surface area (Å²) in [4.78, 5) is 10.9. The molecule has 0 bridgehead atoms. The Morgan fingerprint density at radius 3 is 1.86 bits per heavy atom. The zero-order chi connectivity index (χ0) is 16.2. The lowest BCUT2D eigenvalue weighted by Crippen LogP contribution is -2.05. The molecule has 0 saturated carbocycles. The van der Waals surface area contributed by atoms with Crippen molar-refractivity contribution >= 4 is 5.97 Å². The second-order valence-corrected chi connectivity index (χ2v) is 6.54. The smallest absolute Gasteiger partial charge is 0.331 e. The van der Waals surface area contributed by atoms with E-state index in [-0.39, 0.29) is 5.57 Å². The summed E-state index contributed by atoms with van der Waals surface area (Å²) < 4.78 is 0. The highest BCUT2D eigenvalue weighted by atomic mass is 16.4. The third-order valence-corrected chi connectivity index (χ3v) is 3.30. The van der Waals surface area contributed by atoms with Crippen molar-refractivity contribution in [3.8, 4) is 5.75 Å². The Morgan fingerprint density at radius 1 is 1.10 bits per heavy atom. The predicted molar refractivity (Wildman–Crippen MR) is 85.7 cm³/mol. The Balaban J connectivity index is 3.18. The highest BCUT2D eigenvalue weighted by Crippen LogP contribution is 2.29. The molecule has 21 heavy (non-hydrogen) atoms. The molecule has 116 valence electrons. The number of carboxylic acids is 1. The summed E-state index contributed by atoms with van der Waals surface area (Å²) in [6, 6.07) is 3.82. The molecule has 0 aliphatic carbocycles. The number of carboxylic acid groups (broad SMARTS) is 1. The quantitative estimate of drug-likeness (QED) is 0.747. The lowest BCUT2D eigenvalue weighted by molar-refractivity contribution is -0.132. The van der Waals surface area contributed by atoms with Crippen LogP contribution < -0.4 is 0 Å². The summed E-state index contributed by atoms with van der Waals surface area (Å²) in [5.41, 5.74) is 2.88. The molecular formula is C18H26O3. The minimum absolute atomic E-state index is 0.173. The van der Waals surface area contributed by atoms with Gasteiger partial charge in [0, 0.05) is 12.0 Å². The lowest BCUT2D eigenvalue weighted by Gasteiger charge is -2.16. The van der Waals surface area contributed by atoms with Gasteiger partial charge in [-0.25, -0.2) is 4.79 Å². The van der Waals surface area contributed by atoms with Crippen molar-refractivity contribution < 1.29 is 15.0 Å². The summed E-state index contributed by atoms with van der Waals surface area (Å²) in [6.45, 7) is 12.0. The number of benzene rings is 1. The molecule has 0 saturated heterocycles. The first kappa shape index (κ1) is 17.3. The number of carbonyl (C=O) groups is 1. The van der Waals surface area contributed by atoms with Crippen molar-refractivity contribution in [2.75, 3.05) is 0 Å². The Hall–Kier alpha value is -1.77. The van der Waals surface area contributed by atoms with Crippen LogP contribution in [-0.4, -0.2) is 16.2 Å². The third-order valence-electron chi connectivity index (χ3n) is 3.30. The first-order chi connectivity index (χ1) is 9.70. The Labute approximate surface area is 127 Å². The van der Waals surface area contributed by atoms with Crippen LogP contribution in [0.2, 0.25) is 0 Å². The minimum atomic E-state index is -0.973. The largest absolute Gasteiger partial charge is 0.507 e. The molecule has 0 heterocycles. The maximum Gasteiger partial charge on any atom is 0.331 e. The van der Waals surface area contributed by atoms with Gasteiger partial charge in [-0.1, -0.05) is 46.4 Å². The van der Waals surface area contributed by atoms with Crippen LogP contribution in [0.3, 0.4) is 0 Å². The second kappa shape index (κ2) is 7.30. The molecule has 0 fully saturated rings. The van der Waals surface area contributed by atoms with Crippen LogP contribution in [0.4, 0.5) is 0 Å². The molecule has 0 amide bonds. The molecule has 1 rings (SSSR count). The highest BCUT2D eigenvalue weighted by Gasteiger charge is 2.14. The number of phenolic OH excluding ortho intramolecular Hbond substituents is 1. The summed E-state index contributed by atoms with van der Waals surface area (Å²) in [6.07, 6.45) is 1.88. The van der Waals surface area contributed by atoms with E-state index in [1.807, 2.05) is 12.1 Å². The van der Waals surface area contributed by atoms with E-state index >= 15 is 0 Å². The molecule has 0 radical (unpaired) electrons. The van der Waals surface area contributed by atoms with Crippen molar-refractivity contribution in [3.05, 3.63) is 41.0 Å². The Bertz CT molecular complexity index is 496. The maximum atomic E-state index is 10.9. The predicted octanol–water partition coefficient (Wildman–Crippen LogP) is 3.97. The van der Waals surface area contributed by atoms with E-state index < -0.39 is 5.97 Å². The lowest BCUT2D eigenvalue weighted by atomic mass is 9.91. The van der Waals surface area contributed by atoms with Crippen molar-refractivity contribution in [3.63, 3.8) is 0 Å². The van der Waals surface area contributed by atoms with Gasteiger partial charge < -0.3 is 10.2 Å². The van der Waals surface area contributed by atoms with E-state index in [2.05, 4.69) is 34.3 Å². The van der Waals surface area contributed by atoms with Crippen LogP contribution >= 0.6 is 0 Å². The minimum Gasteiger partial charge on any atom is -0.507 e. The van der Waals surface area contributed by atoms with Gasteiger partial charge >= 0.3 is 5.97 Å². The molecule has 0 aliphatic rings. The zero-order valence-electron chi connectivity index (χ0n) is 13.4. The average Bonchev–Trinajstić information content (AvgIpc) is 2.33. The van der Waals surface area contributed by atoms with Crippen LogP contribution in [0.25, 0.3) is 0 Å². The molecule has 1 aromatic rings. The fourth-order valence-corrected chi connectivity index (χ4v) is 2.45. The molecule has 0 aliphatic heterocycles. The second-order valence-electron chi connectivity index (χ2n) is 6.54. The van der Waals surface area contributed by atoms with E-state index in [4.69, 9.17) is 5.11 Å². The molecule has 1 aromatic carbocycles. The number of aromatic hydroxyl groups is 1. The number of aliphatic carboxylic acids is 1. The van der Waals surface area contributed by atoms with Crippen molar-refractivity contribution in [1.82, 2.24) is 0 Å². The van der Waals surface area contributed by atoms with Crippen LogP contribution in [0.5, 0.6) is 5.75 Å². The van der Waals surface area contributed by atoms with Gasteiger partial charge in [-0.05, 0) is 41.4 Å². The van der Waals surface area contributed by atoms with Crippen LogP contribution in [0.1, 0.15) is 44.4 Å². The normalized spacial score (nSPS) is 11.1. The molecular weight excluding hydrogens is 264 g/mol. The summed E-state index contributed by atoms with van der Waals surface area (Å²) >= 11 is 0. The number of phenols is 1. The van der Waals surface area contributed by atoms with E-state index in [1.165, 1.54) is 0 Å². The first-order valence-electron chi connectivity index (χ1n) is 7.45. The third kappa shape index (κ3) is 5.25. The molecule has 2 N–H and O–H groups in total. The van der Waals surface area contributed by atoms with Crippen molar-refractivity contribution in [2.45, 2.75) is 47.0 Å². The van der Waals surface area contributed by atoms with E-state index in [0.29, 0.717) is 24.0 Å². The zero-order valence-corrected chi connectivity index (χ0v) is 13.4. The highest BCUT2D eigenvalue weighted by molar-refractivity contribution is 5.86. The summed E-state index contributed by atoms with van der Waals surface area (Å²) in [7, 11) is 0. The van der Waals surface area contributed by atoms with E-state index in [0.717, 1.165) is 29.5 Å². The maximum absolute atomic E-state index is 10.9. The SMILES string of the molecule is C=C(Cc1cc(CC(C)C)c(O)c(CC(C)C)c1)C(=O)O. The van der Waals surface area contributed by atoms with Gasteiger partial charge in [-0.15, -0.1) is 0 Å². The van der Waals surface area contributed by atoms with Gasteiger partial charge in [-0.3, -0.25) is 0 Å². The molecule has 3 heteroatoms. The van der Waals surface area contributed by atoms with Gasteiger partial charge in [0.25, 0.3) is 0 Å². The fourth-order valence-electron chi connectivity index (χ4n) is 2.45. The van der Waals surface area contributed by atoms with Gasteiger partial charge in [0.2, 0.25) is 0 Å². The number of rotatable bonds is 7.